The van der Waals surface area contributed by atoms with Gasteiger partial charge in [0.15, 0.2) is 0 Å². The Kier molecular flexibility index (Phi) is 5.58. The van der Waals surface area contributed by atoms with Crippen LogP contribution in [-0.4, -0.2) is 33.5 Å². The van der Waals surface area contributed by atoms with Crippen LogP contribution in [0.3, 0.4) is 0 Å². The molecule has 0 radical (unpaired) electrons. The monoisotopic (exact) mass is 395 g/mol. The molecule has 0 aliphatic carbocycles. The molecule has 1 amide bonds. The summed E-state index contributed by atoms with van der Waals surface area (Å²) in [6, 6.07) is 11.5. The Bertz CT molecular complexity index is 965. The van der Waals surface area contributed by atoms with Crippen molar-refractivity contribution >= 4 is 23.3 Å². The number of hydrogen-bond acceptors (Lipinski definition) is 4. The number of nitrogens with zero attached hydrogens (tertiary/aromatic N) is 4. The van der Waals surface area contributed by atoms with Gasteiger partial charge in [-0.2, -0.15) is 0 Å². The number of carbonyl (C=O) groups is 1. The second-order valence-electron chi connectivity index (χ2n) is 6.84. The van der Waals surface area contributed by atoms with Crippen LogP contribution < -0.4 is 10.2 Å². The molecule has 1 N–H and O–H groups in total. The van der Waals surface area contributed by atoms with E-state index < -0.39 is 0 Å². The first-order valence-corrected chi connectivity index (χ1v) is 9.81. The Balaban J connectivity index is 1.45. The van der Waals surface area contributed by atoms with E-state index in [2.05, 4.69) is 20.2 Å². The van der Waals surface area contributed by atoms with E-state index in [1.165, 1.54) is 12.8 Å². The second-order valence-corrected chi connectivity index (χ2v) is 7.25. The van der Waals surface area contributed by atoms with Gasteiger partial charge in [-0.15, -0.1) is 0 Å². The van der Waals surface area contributed by atoms with Crippen molar-refractivity contribution < 1.29 is 4.79 Å². The summed E-state index contributed by atoms with van der Waals surface area (Å²) in [7, 11) is 0. The fourth-order valence-electron chi connectivity index (χ4n) is 3.42. The Hall–Kier alpha value is -2.86. The maximum Gasteiger partial charge on any atom is 0.240 e. The first-order valence-electron chi connectivity index (χ1n) is 9.43. The standard InChI is InChI=1S/C21H22ClN5O/c22-18-6-2-1-5-17(18)14-25-20(28)15-27-12-9-24-21(27)16-7-8-23-19(13-16)26-10-3-4-11-26/h1-2,5-9,12-13H,3-4,10-11,14-15H2,(H,25,28). The first kappa shape index (κ1) is 18.5. The van der Waals surface area contributed by atoms with Crippen molar-refractivity contribution in [1.29, 1.82) is 0 Å². The van der Waals surface area contributed by atoms with Crippen molar-refractivity contribution in [3.8, 4) is 11.4 Å². The normalized spacial score (nSPS) is 13.7. The van der Waals surface area contributed by atoms with Crippen LogP contribution >= 0.6 is 11.6 Å². The number of amides is 1. The lowest BCUT2D eigenvalue weighted by molar-refractivity contribution is -0.121. The molecule has 1 saturated heterocycles. The third-order valence-corrected chi connectivity index (χ3v) is 5.27. The Morgan fingerprint density at radius 1 is 1.11 bits per heavy atom. The average molecular weight is 396 g/mol. The highest BCUT2D eigenvalue weighted by Crippen LogP contribution is 2.24. The van der Waals surface area contributed by atoms with Crippen molar-refractivity contribution in [3.63, 3.8) is 0 Å². The number of imidazole rings is 1. The topological polar surface area (TPSA) is 63.1 Å². The third-order valence-electron chi connectivity index (χ3n) is 4.90. The molecule has 3 heterocycles. The maximum atomic E-state index is 12.4. The van der Waals surface area contributed by atoms with E-state index in [0.717, 1.165) is 35.9 Å². The molecular weight excluding hydrogens is 374 g/mol. The van der Waals surface area contributed by atoms with Crippen LogP contribution in [-0.2, 0) is 17.9 Å². The van der Waals surface area contributed by atoms with Gasteiger partial charge in [-0.05, 0) is 36.6 Å². The smallest absolute Gasteiger partial charge is 0.240 e. The second kappa shape index (κ2) is 8.44. The molecule has 144 valence electrons. The van der Waals surface area contributed by atoms with Crippen molar-refractivity contribution in [2.45, 2.75) is 25.9 Å². The van der Waals surface area contributed by atoms with Crippen molar-refractivity contribution in [2.24, 2.45) is 0 Å². The summed E-state index contributed by atoms with van der Waals surface area (Å²) in [6.45, 7) is 2.67. The van der Waals surface area contributed by atoms with Crippen LogP contribution in [0, 0.1) is 0 Å². The van der Waals surface area contributed by atoms with E-state index in [1.807, 2.05) is 47.2 Å². The summed E-state index contributed by atoms with van der Waals surface area (Å²) >= 11 is 6.15. The van der Waals surface area contributed by atoms with Gasteiger partial charge >= 0.3 is 0 Å². The minimum atomic E-state index is -0.0898. The minimum absolute atomic E-state index is 0.0898. The number of rotatable bonds is 6. The molecule has 1 aliphatic rings. The molecule has 0 spiro atoms. The lowest BCUT2D eigenvalue weighted by atomic mass is 10.2. The molecule has 1 aliphatic heterocycles. The number of carbonyl (C=O) groups excluding carboxylic acids is 1. The van der Waals surface area contributed by atoms with Crippen LogP contribution in [0.25, 0.3) is 11.4 Å². The summed E-state index contributed by atoms with van der Waals surface area (Å²) in [5.41, 5.74) is 1.86. The molecule has 3 aromatic rings. The molecule has 0 bridgehead atoms. The van der Waals surface area contributed by atoms with E-state index in [1.54, 1.807) is 12.4 Å². The number of benzene rings is 1. The van der Waals surface area contributed by atoms with Crippen molar-refractivity contribution in [1.82, 2.24) is 19.9 Å². The van der Waals surface area contributed by atoms with Gasteiger partial charge in [0, 0.05) is 48.8 Å². The minimum Gasteiger partial charge on any atom is -0.357 e. The van der Waals surface area contributed by atoms with Crippen molar-refractivity contribution in [2.75, 3.05) is 18.0 Å². The Morgan fingerprint density at radius 3 is 2.75 bits per heavy atom. The summed E-state index contributed by atoms with van der Waals surface area (Å²) in [5.74, 6) is 1.64. The lowest BCUT2D eigenvalue weighted by Gasteiger charge is -2.17. The quantitative estimate of drug-likeness (QED) is 0.693. The van der Waals surface area contributed by atoms with Crippen LogP contribution in [0.4, 0.5) is 5.82 Å². The summed E-state index contributed by atoms with van der Waals surface area (Å²) < 4.78 is 1.85. The summed E-state index contributed by atoms with van der Waals surface area (Å²) in [6.07, 6.45) is 7.74. The predicted molar refractivity (Wildman–Crippen MR) is 110 cm³/mol. The number of nitrogens with one attached hydrogen (secondary N) is 1. The average Bonchev–Trinajstić information content (AvgIpc) is 3.40. The lowest BCUT2D eigenvalue weighted by Crippen LogP contribution is -2.27. The van der Waals surface area contributed by atoms with Crippen molar-refractivity contribution in [3.05, 3.63) is 65.6 Å². The molecule has 0 saturated carbocycles. The van der Waals surface area contributed by atoms with E-state index in [-0.39, 0.29) is 12.5 Å². The number of halogens is 1. The molecule has 0 atom stereocenters. The zero-order chi connectivity index (χ0) is 19.3. The largest absolute Gasteiger partial charge is 0.357 e. The SMILES string of the molecule is O=C(Cn1ccnc1-c1ccnc(N2CCCC2)c1)NCc1ccccc1Cl. The van der Waals surface area contributed by atoms with E-state index >= 15 is 0 Å². The van der Waals surface area contributed by atoms with Crippen LogP contribution in [0.15, 0.2) is 55.0 Å². The predicted octanol–water partition coefficient (Wildman–Crippen LogP) is 3.52. The third kappa shape index (κ3) is 4.17. The van der Waals surface area contributed by atoms with Crippen LogP contribution in [0.2, 0.25) is 5.02 Å². The molecule has 6 nitrogen and oxygen atoms in total. The van der Waals surface area contributed by atoms with Crippen LogP contribution in [0.5, 0.6) is 0 Å². The highest BCUT2D eigenvalue weighted by Gasteiger charge is 2.16. The van der Waals surface area contributed by atoms with Gasteiger partial charge in [-0.3, -0.25) is 4.79 Å². The van der Waals surface area contributed by atoms with Gasteiger partial charge in [-0.25, -0.2) is 9.97 Å². The van der Waals surface area contributed by atoms with Crippen LogP contribution in [0.1, 0.15) is 18.4 Å². The number of pyridine rings is 1. The Morgan fingerprint density at radius 2 is 1.93 bits per heavy atom. The zero-order valence-corrected chi connectivity index (χ0v) is 16.3. The zero-order valence-electron chi connectivity index (χ0n) is 15.5. The molecule has 2 aromatic heterocycles. The fraction of sp³-hybridized carbons (Fsp3) is 0.286. The molecule has 1 fully saturated rings. The molecule has 4 rings (SSSR count). The maximum absolute atomic E-state index is 12.4. The Labute approximate surface area is 169 Å². The van der Waals surface area contributed by atoms with Gasteiger partial charge in [0.25, 0.3) is 0 Å². The highest BCUT2D eigenvalue weighted by atomic mass is 35.5. The summed E-state index contributed by atoms with van der Waals surface area (Å²) in [4.78, 5) is 23.7. The molecule has 7 heteroatoms. The van der Waals surface area contributed by atoms with Gasteiger partial charge in [0.05, 0.1) is 0 Å². The molecular formula is C21H22ClN5O. The fourth-order valence-corrected chi connectivity index (χ4v) is 3.62. The van der Waals surface area contributed by atoms with Gasteiger partial charge in [0.2, 0.25) is 5.91 Å². The van der Waals surface area contributed by atoms with Gasteiger partial charge in [0.1, 0.15) is 18.2 Å². The molecule has 0 unspecified atom stereocenters. The van der Waals surface area contributed by atoms with Gasteiger partial charge in [-0.1, -0.05) is 29.8 Å². The highest BCUT2D eigenvalue weighted by molar-refractivity contribution is 6.31. The van der Waals surface area contributed by atoms with Gasteiger partial charge < -0.3 is 14.8 Å². The number of aromatic nitrogens is 3. The molecule has 1 aromatic carbocycles. The number of hydrogen-bond donors (Lipinski definition) is 1. The first-order chi connectivity index (χ1) is 13.7. The van der Waals surface area contributed by atoms with E-state index in [4.69, 9.17) is 11.6 Å². The number of anilines is 1. The van der Waals surface area contributed by atoms with E-state index in [0.29, 0.717) is 11.6 Å². The van der Waals surface area contributed by atoms with E-state index in [9.17, 15) is 4.79 Å². The molecule has 28 heavy (non-hydrogen) atoms. The summed E-state index contributed by atoms with van der Waals surface area (Å²) in [5, 5.41) is 3.57.